The van der Waals surface area contributed by atoms with Crippen molar-refractivity contribution in [2.45, 2.75) is 45.4 Å². The van der Waals surface area contributed by atoms with E-state index < -0.39 is 5.41 Å². The van der Waals surface area contributed by atoms with Crippen LogP contribution < -0.4 is 4.74 Å². The van der Waals surface area contributed by atoms with E-state index in [0.29, 0.717) is 13.0 Å². The van der Waals surface area contributed by atoms with Gasteiger partial charge in [0.25, 0.3) is 0 Å². The summed E-state index contributed by atoms with van der Waals surface area (Å²) in [4.78, 5) is 12.2. The van der Waals surface area contributed by atoms with Crippen molar-refractivity contribution in [3.8, 4) is 5.75 Å². The van der Waals surface area contributed by atoms with Crippen LogP contribution in [-0.2, 0) is 14.9 Å². The first kappa shape index (κ1) is 17.3. The number of benzene rings is 1. The van der Waals surface area contributed by atoms with Crippen molar-refractivity contribution in [1.82, 2.24) is 0 Å². The Balaban J connectivity index is 3.05. The summed E-state index contributed by atoms with van der Waals surface area (Å²) < 4.78 is 10.7. The van der Waals surface area contributed by atoms with Gasteiger partial charge in [-0.25, -0.2) is 0 Å². The number of methoxy groups -OCH3 is 1. The molecule has 0 N–H and O–H groups in total. The van der Waals surface area contributed by atoms with Gasteiger partial charge < -0.3 is 9.47 Å². The Bertz CT molecular complexity index is 493. The smallest absolute Gasteiger partial charge is 0.316 e. The third kappa shape index (κ3) is 4.62. The van der Waals surface area contributed by atoms with Crippen LogP contribution in [0.3, 0.4) is 0 Å². The second kappa shape index (κ2) is 7.87. The highest BCUT2D eigenvalue weighted by Crippen LogP contribution is 2.33. The number of allylic oxidation sites excluding steroid dienone is 1. The summed E-state index contributed by atoms with van der Waals surface area (Å²) in [7, 11) is 1.42. The summed E-state index contributed by atoms with van der Waals surface area (Å²) in [5, 5.41) is 0. The minimum absolute atomic E-state index is 0.254. The van der Waals surface area contributed by atoms with Gasteiger partial charge in [0.1, 0.15) is 5.75 Å². The van der Waals surface area contributed by atoms with E-state index in [1.54, 1.807) is 0 Å². The highest BCUT2D eigenvalue weighted by molar-refractivity contribution is 5.83. The van der Waals surface area contributed by atoms with Crippen LogP contribution in [0.25, 0.3) is 0 Å². The molecule has 0 saturated carbocycles. The van der Waals surface area contributed by atoms with Gasteiger partial charge in [-0.1, -0.05) is 31.1 Å². The molecule has 1 unspecified atom stereocenters. The largest absolute Gasteiger partial charge is 0.494 e. The van der Waals surface area contributed by atoms with Gasteiger partial charge in [0.05, 0.1) is 19.1 Å². The molecule has 0 fully saturated rings. The monoisotopic (exact) mass is 290 g/mol. The topological polar surface area (TPSA) is 35.5 Å². The third-order valence-corrected chi connectivity index (χ3v) is 3.53. The standard InChI is InChI=1S/C18H26O3/c1-6-7-11-21-16-10-8-9-15(12-16)18(4,13-14(2)3)17(19)20-5/h8-10,12H,2,6-7,11,13H2,1,3-5H3. The van der Waals surface area contributed by atoms with Gasteiger partial charge in [0.2, 0.25) is 0 Å². The van der Waals surface area contributed by atoms with Crippen molar-refractivity contribution in [2.75, 3.05) is 13.7 Å². The van der Waals surface area contributed by atoms with Gasteiger partial charge in [-0.2, -0.15) is 0 Å². The molecule has 0 bridgehead atoms. The maximum absolute atomic E-state index is 12.2. The van der Waals surface area contributed by atoms with E-state index in [2.05, 4.69) is 13.5 Å². The quantitative estimate of drug-likeness (QED) is 0.407. The molecule has 0 aliphatic carbocycles. The summed E-state index contributed by atoms with van der Waals surface area (Å²) >= 11 is 0. The maximum Gasteiger partial charge on any atom is 0.316 e. The van der Waals surface area contributed by atoms with Gasteiger partial charge in [-0.15, -0.1) is 6.58 Å². The maximum atomic E-state index is 12.2. The van der Waals surface area contributed by atoms with Crippen molar-refractivity contribution in [1.29, 1.82) is 0 Å². The normalized spacial score (nSPS) is 13.3. The molecule has 116 valence electrons. The number of esters is 1. The number of carbonyl (C=O) groups excluding carboxylic acids is 1. The van der Waals surface area contributed by atoms with E-state index >= 15 is 0 Å². The van der Waals surface area contributed by atoms with Crippen molar-refractivity contribution in [2.24, 2.45) is 0 Å². The van der Waals surface area contributed by atoms with E-state index in [9.17, 15) is 4.79 Å². The lowest BCUT2D eigenvalue weighted by atomic mass is 9.77. The molecule has 0 amide bonds. The minimum atomic E-state index is -0.731. The van der Waals surface area contributed by atoms with E-state index in [-0.39, 0.29) is 5.97 Å². The summed E-state index contributed by atoms with van der Waals surface area (Å²) in [5.41, 5.74) is 1.11. The predicted molar refractivity (Wildman–Crippen MR) is 85.6 cm³/mol. The average molecular weight is 290 g/mol. The molecular weight excluding hydrogens is 264 g/mol. The zero-order valence-electron chi connectivity index (χ0n) is 13.6. The lowest BCUT2D eigenvalue weighted by Crippen LogP contribution is -2.34. The molecule has 1 aromatic carbocycles. The Morgan fingerprint density at radius 2 is 2.10 bits per heavy atom. The fraction of sp³-hybridized carbons (Fsp3) is 0.500. The highest BCUT2D eigenvalue weighted by atomic mass is 16.5. The van der Waals surface area contributed by atoms with Gasteiger partial charge in [-0.05, 0) is 44.4 Å². The summed E-state index contributed by atoms with van der Waals surface area (Å²) in [5.74, 6) is 0.536. The van der Waals surface area contributed by atoms with E-state index in [0.717, 1.165) is 29.7 Å². The average Bonchev–Trinajstić information content (AvgIpc) is 2.46. The van der Waals surface area contributed by atoms with Crippen molar-refractivity contribution < 1.29 is 14.3 Å². The molecular formula is C18H26O3. The molecule has 1 aromatic rings. The Labute approximate surface area is 128 Å². The lowest BCUT2D eigenvalue weighted by molar-refractivity contribution is -0.146. The Morgan fingerprint density at radius 3 is 2.67 bits per heavy atom. The number of rotatable bonds is 8. The van der Waals surface area contributed by atoms with Crippen LogP contribution in [0.2, 0.25) is 0 Å². The molecule has 0 saturated heterocycles. The van der Waals surface area contributed by atoms with Crippen LogP contribution in [0.15, 0.2) is 36.4 Å². The van der Waals surface area contributed by atoms with E-state index in [1.165, 1.54) is 7.11 Å². The van der Waals surface area contributed by atoms with Crippen LogP contribution in [0, 0.1) is 0 Å². The van der Waals surface area contributed by atoms with Crippen LogP contribution in [-0.4, -0.2) is 19.7 Å². The van der Waals surface area contributed by atoms with Gasteiger partial charge in [0, 0.05) is 0 Å². The van der Waals surface area contributed by atoms with Gasteiger partial charge >= 0.3 is 5.97 Å². The molecule has 21 heavy (non-hydrogen) atoms. The number of carbonyl (C=O) groups is 1. The van der Waals surface area contributed by atoms with Gasteiger partial charge in [0.15, 0.2) is 0 Å². The zero-order chi connectivity index (χ0) is 15.9. The fourth-order valence-corrected chi connectivity index (χ4v) is 2.38. The van der Waals surface area contributed by atoms with Crippen LogP contribution in [0.4, 0.5) is 0 Å². The molecule has 3 heteroatoms. The molecule has 0 aromatic heterocycles. The first-order chi connectivity index (χ1) is 9.93. The summed E-state index contributed by atoms with van der Waals surface area (Å²) in [6.45, 7) is 10.5. The Kier molecular flexibility index (Phi) is 6.47. The van der Waals surface area contributed by atoms with Crippen molar-refractivity contribution >= 4 is 5.97 Å². The third-order valence-electron chi connectivity index (χ3n) is 3.53. The molecule has 1 rings (SSSR count). The van der Waals surface area contributed by atoms with Gasteiger partial charge in [-0.3, -0.25) is 4.79 Å². The number of unbranched alkanes of at least 4 members (excludes halogenated alkanes) is 1. The Hall–Kier alpha value is -1.77. The van der Waals surface area contributed by atoms with E-state index in [1.807, 2.05) is 38.1 Å². The highest BCUT2D eigenvalue weighted by Gasteiger charge is 2.36. The van der Waals surface area contributed by atoms with Crippen LogP contribution in [0.5, 0.6) is 5.75 Å². The fourth-order valence-electron chi connectivity index (χ4n) is 2.38. The first-order valence-corrected chi connectivity index (χ1v) is 7.40. The second-order valence-electron chi connectivity index (χ2n) is 5.69. The minimum Gasteiger partial charge on any atom is -0.494 e. The van der Waals surface area contributed by atoms with Crippen molar-refractivity contribution in [3.05, 3.63) is 42.0 Å². The Morgan fingerprint density at radius 1 is 1.38 bits per heavy atom. The molecule has 1 atom stereocenters. The number of hydrogen-bond acceptors (Lipinski definition) is 3. The first-order valence-electron chi connectivity index (χ1n) is 7.40. The molecule has 3 nitrogen and oxygen atoms in total. The predicted octanol–water partition coefficient (Wildman–Crippen LogP) is 4.26. The summed E-state index contributed by atoms with van der Waals surface area (Å²) in [6.07, 6.45) is 2.66. The molecule has 0 aliphatic heterocycles. The zero-order valence-corrected chi connectivity index (χ0v) is 13.6. The lowest BCUT2D eigenvalue weighted by Gasteiger charge is -2.27. The SMILES string of the molecule is C=C(C)CC(C)(C(=O)OC)c1cccc(OCCCC)c1. The van der Waals surface area contributed by atoms with Crippen LogP contribution >= 0.6 is 0 Å². The number of hydrogen-bond donors (Lipinski definition) is 0. The molecule has 0 heterocycles. The van der Waals surface area contributed by atoms with E-state index in [4.69, 9.17) is 9.47 Å². The molecule has 0 spiro atoms. The molecule has 0 radical (unpaired) electrons. The molecule has 0 aliphatic rings. The van der Waals surface area contributed by atoms with Crippen LogP contribution in [0.1, 0.15) is 45.6 Å². The second-order valence-corrected chi connectivity index (χ2v) is 5.69. The summed E-state index contributed by atoms with van der Waals surface area (Å²) in [6, 6.07) is 7.69. The number of ether oxygens (including phenoxy) is 2. The van der Waals surface area contributed by atoms with Crippen molar-refractivity contribution in [3.63, 3.8) is 0 Å².